The lowest BCUT2D eigenvalue weighted by Crippen LogP contribution is -2.38. The molecule has 3 heteroatoms. The molecule has 6 atom stereocenters. The van der Waals surface area contributed by atoms with Crippen LogP contribution in [0.4, 0.5) is 0 Å². The van der Waals surface area contributed by atoms with E-state index in [1.807, 2.05) is 0 Å². The molecule has 6 unspecified atom stereocenters. The fraction of sp³-hybridized carbons (Fsp3) is 1.00. The van der Waals surface area contributed by atoms with Crippen molar-refractivity contribution in [2.75, 3.05) is 13.2 Å². The number of rotatable bonds is 20. The van der Waals surface area contributed by atoms with Crippen LogP contribution in [0.15, 0.2) is 0 Å². The van der Waals surface area contributed by atoms with E-state index in [0.29, 0.717) is 24.0 Å². The second-order valence-corrected chi connectivity index (χ2v) is 9.88. The van der Waals surface area contributed by atoms with Crippen LogP contribution in [-0.4, -0.2) is 37.6 Å². The van der Waals surface area contributed by atoms with Crippen molar-refractivity contribution in [1.29, 1.82) is 0 Å². The third-order valence-corrected chi connectivity index (χ3v) is 6.91. The lowest BCUT2D eigenvalue weighted by Gasteiger charge is -2.31. The van der Waals surface area contributed by atoms with Crippen LogP contribution in [0, 0.1) is 11.8 Å². The van der Waals surface area contributed by atoms with Crippen molar-refractivity contribution >= 4 is 0 Å². The average Bonchev–Trinajstić information content (AvgIpc) is 3.61. The number of ether oxygens (including phenoxy) is 3. The Labute approximate surface area is 181 Å². The van der Waals surface area contributed by atoms with Gasteiger partial charge in [-0.3, -0.25) is 0 Å². The summed E-state index contributed by atoms with van der Waals surface area (Å²) in [5.74, 6) is 1.16. The lowest BCUT2D eigenvalue weighted by atomic mass is 9.92. The van der Waals surface area contributed by atoms with Gasteiger partial charge in [-0.1, -0.05) is 105 Å². The van der Waals surface area contributed by atoms with Crippen LogP contribution in [0.2, 0.25) is 0 Å². The number of hydrogen-bond donors (Lipinski definition) is 0. The van der Waals surface area contributed by atoms with Gasteiger partial charge in [-0.05, 0) is 24.7 Å². The van der Waals surface area contributed by atoms with Crippen molar-refractivity contribution in [3.63, 3.8) is 0 Å². The van der Waals surface area contributed by atoms with E-state index in [1.54, 1.807) is 0 Å². The predicted octanol–water partition coefficient (Wildman–Crippen LogP) is 7.31. The van der Waals surface area contributed by atoms with Crippen LogP contribution in [0.5, 0.6) is 0 Å². The van der Waals surface area contributed by atoms with Gasteiger partial charge in [0.1, 0.15) is 12.2 Å². The Bertz CT molecular complexity index is 355. The SMILES string of the molecule is CCCCCCCCC(C)C(OC(C(C)CCCCCCCC)C1CO1)C1CO1. The second kappa shape index (κ2) is 14.8. The fourth-order valence-corrected chi connectivity index (χ4v) is 4.67. The van der Waals surface area contributed by atoms with Crippen LogP contribution in [0.1, 0.15) is 118 Å². The third-order valence-electron chi connectivity index (χ3n) is 6.91. The standard InChI is InChI=1S/C26H50O3/c1-5-7-9-11-13-15-17-21(3)25(23-19-27-23)29-26(24-20-28-24)22(4)18-16-14-12-10-8-6-2/h21-26H,5-20H2,1-4H3. The van der Waals surface area contributed by atoms with E-state index < -0.39 is 0 Å². The van der Waals surface area contributed by atoms with Crippen LogP contribution >= 0.6 is 0 Å². The van der Waals surface area contributed by atoms with Crippen molar-refractivity contribution in [2.24, 2.45) is 11.8 Å². The third kappa shape index (κ3) is 10.6. The molecule has 2 fully saturated rings. The smallest absolute Gasteiger partial charge is 0.107 e. The van der Waals surface area contributed by atoms with E-state index in [0.717, 1.165) is 13.2 Å². The molecule has 2 aliphatic rings. The van der Waals surface area contributed by atoms with Gasteiger partial charge in [0, 0.05) is 0 Å². The summed E-state index contributed by atoms with van der Waals surface area (Å²) >= 11 is 0. The van der Waals surface area contributed by atoms with Gasteiger partial charge in [0.25, 0.3) is 0 Å². The molecule has 0 saturated carbocycles. The Morgan fingerprint density at radius 2 is 0.966 bits per heavy atom. The van der Waals surface area contributed by atoms with Crippen LogP contribution in [-0.2, 0) is 14.2 Å². The Balaban J connectivity index is 1.71. The molecule has 2 rings (SSSR count). The van der Waals surface area contributed by atoms with Crippen molar-refractivity contribution in [2.45, 2.75) is 142 Å². The maximum atomic E-state index is 6.76. The Kier molecular flexibility index (Phi) is 12.8. The van der Waals surface area contributed by atoms with Gasteiger partial charge in [-0.25, -0.2) is 0 Å². The summed E-state index contributed by atoms with van der Waals surface area (Å²) in [6, 6.07) is 0. The van der Waals surface area contributed by atoms with Crippen LogP contribution in [0.25, 0.3) is 0 Å². The van der Waals surface area contributed by atoms with Crippen molar-refractivity contribution < 1.29 is 14.2 Å². The minimum Gasteiger partial charge on any atom is -0.370 e. The molecule has 0 N–H and O–H groups in total. The highest BCUT2D eigenvalue weighted by molar-refractivity contribution is 4.90. The van der Waals surface area contributed by atoms with E-state index >= 15 is 0 Å². The molecule has 0 aliphatic carbocycles. The molecule has 0 aromatic heterocycles. The van der Waals surface area contributed by atoms with Gasteiger partial charge in [0.2, 0.25) is 0 Å². The minimum absolute atomic E-state index is 0.256. The van der Waals surface area contributed by atoms with Gasteiger partial charge in [-0.2, -0.15) is 0 Å². The highest BCUT2D eigenvalue weighted by Crippen LogP contribution is 2.34. The molecule has 29 heavy (non-hydrogen) atoms. The second-order valence-electron chi connectivity index (χ2n) is 9.88. The van der Waals surface area contributed by atoms with Gasteiger partial charge >= 0.3 is 0 Å². The normalized spacial score (nSPS) is 24.8. The average molecular weight is 411 g/mol. The zero-order chi connectivity index (χ0) is 20.9. The van der Waals surface area contributed by atoms with E-state index in [-0.39, 0.29) is 12.2 Å². The zero-order valence-corrected chi connectivity index (χ0v) is 20.0. The maximum Gasteiger partial charge on any atom is 0.107 e. The first-order chi connectivity index (χ1) is 14.2. The van der Waals surface area contributed by atoms with Gasteiger partial charge in [-0.15, -0.1) is 0 Å². The van der Waals surface area contributed by atoms with Gasteiger partial charge in [0.05, 0.1) is 25.4 Å². The molecule has 2 saturated heterocycles. The molecule has 2 heterocycles. The summed E-state index contributed by atoms with van der Waals surface area (Å²) in [7, 11) is 0. The first kappa shape index (κ1) is 25.1. The summed E-state index contributed by atoms with van der Waals surface area (Å²) in [6.07, 6.45) is 20.1. The Morgan fingerprint density at radius 1 is 0.621 bits per heavy atom. The Morgan fingerprint density at radius 3 is 1.31 bits per heavy atom. The monoisotopic (exact) mass is 410 g/mol. The number of hydrogen-bond acceptors (Lipinski definition) is 3. The lowest BCUT2D eigenvalue weighted by molar-refractivity contribution is -0.0866. The summed E-state index contributed by atoms with van der Waals surface area (Å²) in [5, 5.41) is 0. The maximum absolute atomic E-state index is 6.76. The van der Waals surface area contributed by atoms with E-state index in [9.17, 15) is 0 Å². The zero-order valence-electron chi connectivity index (χ0n) is 20.0. The summed E-state index contributed by atoms with van der Waals surface area (Å²) in [6.45, 7) is 11.1. The molecule has 0 aromatic rings. The molecule has 0 radical (unpaired) electrons. The fourth-order valence-electron chi connectivity index (χ4n) is 4.67. The quantitative estimate of drug-likeness (QED) is 0.156. The molecule has 0 spiro atoms. The van der Waals surface area contributed by atoms with Gasteiger partial charge < -0.3 is 14.2 Å². The summed E-state index contributed by atoms with van der Waals surface area (Å²) < 4.78 is 18.2. The highest BCUT2D eigenvalue weighted by atomic mass is 16.6. The minimum atomic E-state index is 0.256. The van der Waals surface area contributed by atoms with E-state index in [1.165, 1.54) is 89.9 Å². The molecular formula is C26H50O3. The molecule has 3 nitrogen and oxygen atoms in total. The molecule has 0 aromatic carbocycles. The number of unbranched alkanes of at least 4 members (excludes halogenated alkanes) is 10. The molecular weight excluding hydrogens is 360 g/mol. The van der Waals surface area contributed by atoms with Crippen LogP contribution < -0.4 is 0 Å². The highest BCUT2D eigenvalue weighted by Gasteiger charge is 2.44. The van der Waals surface area contributed by atoms with E-state index in [4.69, 9.17) is 14.2 Å². The number of epoxide rings is 2. The largest absolute Gasteiger partial charge is 0.370 e. The van der Waals surface area contributed by atoms with E-state index in [2.05, 4.69) is 27.7 Å². The van der Waals surface area contributed by atoms with Gasteiger partial charge in [0.15, 0.2) is 0 Å². The van der Waals surface area contributed by atoms with Crippen molar-refractivity contribution in [3.8, 4) is 0 Å². The van der Waals surface area contributed by atoms with Crippen molar-refractivity contribution in [1.82, 2.24) is 0 Å². The summed E-state index contributed by atoms with van der Waals surface area (Å²) in [4.78, 5) is 0. The molecule has 0 bridgehead atoms. The van der Waals surface area contributed by atoms with Crippen molar-refractivity contribution in [3.05, 3.63) is 0 Å². The first-order valence-electron chi connectivity index (χ1n) is 13.1. The first-order valence-corrected chi connectivity index (χ1v) is 13.1. The predicted molar refractivity (Wildman–Crippen MR) is 122 cm³/mol. The Hall–Kier alpha value is -0.120. The molecule has 172 valence electrons. The topological polar surface area (TPSA) is 34.3 Å². The van der Waals surface area contributed by atoms with Crippen LogP contribution in [0.3, 0.4) is 0 Å². The molecule has 2 aliphatic heterocycles. The summed E-state index contributed by atoms with van der Waals surface area (Å²) in [5.41, 5.74) is 0. The molecule has 0 amide bonds.